The van der Waals surface area contributed by atoms with E-state index in [4.69, 9.17) is 4.74 Å². The summed E-state index contributed by atoms with van der Waals surface area (Å²) >= 11 is 0. The number of methoxy groups -OCH3 is 1. The molecule has 1 rings (SSSR count). The Morgan fingerprint density at radius 3 is 2.27 bits per heavy atom. The molecular formula is C18H26N2O6. The van der Waals surface area contributed by atoms with Gasteiger partial charge in [-0.2, -0.15) is 0 Å². The summed E-state index contributed by atoms with van der Waals surface area (Å²) in [6, 6.07) is 3.12. The van der Waals surface area contributed by atoms with Crippen LogP contribution >= 0.6 is 0 Å². The van der Waals surface area contributed by atoms with Gasteiger partial charge in [0.05, 0.1) is 12.7 Å². The number of phenols is 1. The molecule has 0 aliphatic carbocycles. The van der Waals surface area contributed by atoms with Crippen LogP contribution in [-0.2, 0) is 14.3 Å². The number of anilines is 1. The molecular weight excluding hydrogens is 340 g/mol. The molecule has 8 nitrogen and oxygen atoms in total. The second-order valence-corrected chi connectivity index (χ2v) is 7.08. The molecule has 1 atom stereocenters. The summed E-state index contributed by atoms with van der Waals surface area (Å²) < 4.78 is 9.81. The Kier molecular flexibility index (Phi) is 7.00. The summed E-state index contributed by atoms with van der Waals surface area (Å²) in [6.07, 6.45) is -0.691. The SMILES string of the molecule is COC(=O)[C@@H](NC(=O)c1cc(NC(=O)OC(C)(C)C)ccc1O)C(C)C. The van der Waals surface area contributed by atoms with Crippen LogP contribution in [0, 0.1) is 5.92 Å². The summed E-state index contributed by atoms with van der Waals surface area (Å²) in [6.45, 7) is 8.67. The third-order valence-electron chi connectivity index (χ3n) is 3.29. The van der Waals surface area contributed by atoms with Gasteiger partial charge in [-0.3, -0.25) is 10.1 Å². The number of ether oxygens (including phenoxy) is 2. The van der Waals surface area contributed by atoms with E-state index >= 15 is 0 Å². The first-order valence-corrected chi connectivity index (χ1v) is 8.16. The number of carbonyl (C=O) groups excluding carboxylic acids is 3. The fraction of sp³-hybridized carbons (Fsp3) is 0.500. The lowest BCUT2D eigenvalue weighted by molar-refractivity contribution is -0.144. The van der Waals surface area contributed by atoms with Crippen LogP contribution in [-0.4, -0.2) is 41.8 Å². The average molecular weight is 366 g/mol. The lowest BCUT2D eigenvalue weighted by Gasteiger charge is -2.21. The number of amides is 2. The Morgan fingerprint density at radius 2 is 1.77 bits per heavy atom. The van der Waals surface area contributed by atoms with Gasteiger partial charge in [0.2, 0.25) is 0 Å². The zero-order chi connectivity index (χ0) is 20.1. The topological polar surface area (TPSA) is 114 Å². The van der Waals surface area contributed by atoms with Crippen LogP contribution in [0.5, 0.6) is 5.75 Å². The number of hydrogen-bond acceptors (Lipinski definition) is 6. The predicted molar refractivity (Wildman–Crippen MR) is 96.1 cm³/mol. The van der Waals surface area contributed by atoms with Crippen molar-refractivity contribution in [3.63, 3.8) is 0 Å². The first kappa shape index (κ1) is 21.3. The highest BCUT2D eigenvalue weighted by Crippen LogP contribution is 2.22. The van der Waals surface area contributed by atoms with Gasteiger partial charge in [0.1, 0.15) is 17.4 Å². The molecule has 0 fully saturated rings. The van der Waals surface area contributed by atoms with Gasteiger partial charge in [-0.15, -0.1) is 0 Å². The fourth-order valence-corrected chi connectivity index (χ4v) is 2.06. The van der Waals surface area contributed by atoms with Crippen molar-refractivity contribution in [3.8, 4) is 5.75 Å². The van der Waals surface area contributed by atoms with E-state index < -0.39 is 29.6 Å². The molecule has 0 saturated carbocycles. The Morgan fingerprint density at radius 1 is 1.15 bits per heavy atom. The minimum absolute atomic E-state index is 0.0897. The molecule has 0 radical (unpaired) electrons. The van der Waals surface area contributed by atoms with Crippen molar-refractivity contribution >= 4 is 23.7 Å². The van der Waals surface area contributed by atoms with Crippen LogP contribution in [0.2, 0.25) is 0 Å². The second kappa shape index (κ2) is 8.55. The van der Waals surface area contributed by atoms with Gasteiger partial charge >= 0.3 is 12.1 Å². The summed E-state index contributed by atoms with van der Waals surface area (Å²) in [5.74, 6) is -1.75. The quantitative estimate of drug-likeness (QED) is 0.545. The maximum absolute atomic E-state index is 12.4. The minimum atomic E-state index is -0.866. The highest BCUT2D eigenvalue weighted by Gasteiger charge is 2.26. The highest BCUT2D eigenvalue weighted by atomic mass is 16.6. The van der Waals surface area contributed by atoms with E-state index in [0.717, 1.165) is 0 Å². The number of phenolic OH excluding ortho intramolecular Hbond substituents is 1. The van der Waals surface area contributed by atoms with Crippen molar-refractivity contribution in [2.24, 2.45) is 5.92 Å². The molecule has 0 heterocycles. The number of benzene rings is 1. The molecule has 0 saturated heterocycles. The van der Waals surface area contributed by atoms with Gasteiger partial charge in [-0.25, -0.2) is 9.59 Å². The summed E-state index contributed by atoms with van der Waals surface area (Å²) in [5, 5.41) is 15.0. The van der Waals surface area contributed by atoms with Gasteiger partial charge < -0.3 is 19.9 Å². The molecule has 2 amide bonds. The highest BCUT2D eigenvalue weighted by molar-refractivity contribution is 6.00. The predicted octanol–water partition coefficient (Wildman–Crippen LogP) is 2.67. The van der Waals surface area contributed by atoms with Crippen LogP contribution in [0.25, 0.3) is 0 Å². The van der Waals surface area contributed by atoms with E-state index in [2.05, 4.69) is 15.4 Å². The Hall–Kier alpha value is -2.77. The smallest absolute Gasteiger partial charge is 0.412 e. The lowest BCUT2D eigenvalue weighted by Crippen LogP contribution is -2.45. The Balaban J connectivity index is 2.97. The second-order valence-electron chi connectivity index (χ2n) is 7.08. The first-order chi connectivity index (χ1) is 11.9. The largest absolute Gasteiger partial charge is 0.507 e. The third-order valence-corrected chi connectivity index (χ3v) is 3.29. The number of nitrogens with one attached hydrogen (secondary N) is 2. The number of aromatic hydroxyl groups is 1. The molecule has 1 aromatic rings. The van der Waals surface area contributed by atoms with Gasteiger partial charge in [-0.05, 0) is 44.9 Å². The Labute approximate surface area is 152 Å². The molecule has 0 spiro atoms. The number of hydrogen-bond donors (Lipinski definition) is 3. The molecule has 26 heavy (non-hydrogen) atoms. The third kappa shape index (κ3) is 6.27. The van der Waals surface area contributed by atoms with Gasteiger partial charge in [-0.1, -0.05) is 13.8 Å². The number of rotatable bonds is 5. The number of carbonyl (C=O) groups is 3. The standard InChI is InChI=1S/C18H26N2O6/c1-10(2)14(16(23)25-6)20-15(22)12-9-11(7-8-13(12)21)19-17(24)26-18(3,4)5/h7-10,14,21H,1-6H3,(H,19,24)(H,20,22)/t14-/m0/s1. The van der Waals surface area contributed by atoms with Crippen molar-refractivity contribution in [2.75, 3.05) is 12.4 Å². The van der Waals surface area contributed by atoms with Crippen LogP contribution in [0.3, 0.4) is 0 Å². The van der Waals surface area contributed by atoms with E-state index in [-0.39, 0.29) is 22.9 Å². The van der Waals surface area contributed by atoms with Gasteiger partial charge in [0.15, 0.2) is 0 Å². The lowest BCUT2D eigenvalue weighted by atomic mass is 10.0. The normalized spacial score (nSPS) is 12.3. The van der Waals surface area contributed by atoms with E-state index in [1.165, 1.54) is 25.3 Å². The van der Waals surface area contributed by atoms with Crippen molar-refractivity contribution in [1.29, 1.82) is 0 Å². The molecule has 0 aromatic heterocycles. The van der Waals surface area contributed by atoms with E-state index in [9.17, 15) is 19.5 Å². The Bertz CT molecular complexity index is 679. The van der Waals surface area contributed by atoms with Crippen LogP contribution < -0.4 is 10.6 Å². The zero-order valence-electron chi connectivity index (χ0n) is 15.9. The molecule has 0 unspecified atom stereocenters. The van der Waals surface area contributed by atoms with Gasteiger partial charge in [0, 0.05) is 5.69 Å². The van der Waals surface area contributed by atoms with Gasteiger partial charge in [0.25, 0.3) is 5.91 Å². The maximum Gasteiger partial charge on any atom is 0.412 e. The van der Waals surface area contributed by atoms with E-state index in [1.54, 1.807) is 34.6 Å². The summed E-state index contributed by atoms with van der Waals surface area (Å²) in [5.41, 5.74) is -0.499. The first-order valence-electron chi connectivity index (χ1n) is 8.16. The molecule has 0 aliphatic rings. The van der Waals surface area contributed by atoms with Crippen molar-refractivity contribution < 1.29 is 29.0 Å². The average Bonchev–Trinajstić information content (AvgIpc) is 2.51. The minimum Gasteiger partial charge on any atom is -0.507 e. The van der Waals surface area contributed by atoms with E-state index in [0.29, 0.717) is 0 Å². The zero-order valence-corrected chi connectivity index (χ0v) is 15.9. The molecule has 0 bridgehead atoms. The molecule has 0 aliphatic heterocycles. The van der Waals surface area contributed by atoms with Crippen molar-refractivity contribution in [2.45, 2.75) is 46.3 Å². The van der Waals surface area contributed by atoms with Crippen molar-refractivity contribution in [1.82, 2.24) is 5.32 Å². The number of esters is 1. The molecule has 144 valence electrons. The summed E-state index contributed by atoms with van der Waals surface area (Å²) in [4.78, 5) is 36.1. The summed E-state index contributed by atoms with van der Waals surface area (Å²) in [7, 11) is 1.23. The van der Waals surface area contributed by atoms with Crippen LogP contribution in [0.1, 0.15) is 45.0 Å². The monoisotopic (exact) mass is 366 g/mol. The van der Waals surface area contributed by atoms with Crippen molar-refractivity contribution in [3.05, 3.63) is 23.8 Å². The fourth-order valence-electron chi connectivity index (χ4n) is 2.06. The molecule has 1 aromatic carbocycles. The van der Waals surface area contributed by atoms with E-state index in [1.807, 2.05) is 0 Å². The molecule has 3 N–H and O–H groups in total. The molecule has 8 heteroatoms. The van der Waals surface area contributed by atoms with Crippen LogP contribution in [0.4, 0.5) is 10.5 Å². The maximum atomic E-state index is 12.4. The van der Waals surface area contributed by atoms with Crippen LogP contribution in [0.15, 0.2) is 18.2 Å².